The van der Waals surface area contributed by atoms with Crippen molar-refractivity contribution in [1.29, 1.82) is 0 Å². The van der Waals surface area contributed by atoms with Gasteiger partial charge in [-0.2, -0.15) is 4.31 Å². The summed E-state index contributed by atoms with van der Waals surface area (Å²) in [6.07, 6.45) is 0. The molecule has 3 aromatic carbocycles. The Kier molecular flexibility index (Phi) is 7.58. The van der Waals surface area contributed by atoms with E-state index in [-0.39, 0.29) is 26.9 Å². The van der Waals surface area contributed by atoms with Gasteiger partial charge in [-0.1, -0.05) is 55.0 Å². The number of aromatic nitrogens is 1. The lowest BCUT2D eigenvalue weighted by molar-refractivity contribution is 0.445. The molecule has 0 saturated heterocycles. The summed E-state index contributed by atoms with van der Waals surface area (Å²) < 4.78 is 57.2. The number of hydrogen-bond acceptors (Lipinski definition) is 6. The van der Waals surface area contributed by atoms with Crippen LogP contribution in [0, 0.1) is 0 Å². The molecule has 190 valence electrons. The van der Waals surface area contributed by atoms with Crippen molar-refractivity contribution in [3.8, 4) is 0 Å². The zero-order valence-electron chi connectivity index (χ0n) is 19.5. The summed E-state index contributed by atoms with van der Waals surface area (Å²) in [5.74, 6) is 0. The minimum Gasteiger partial charge on any atom is -0.294 e. The average molecular weight is 566 g/mol. The minimum absolute atomic E-state index is 0.0130. The van der Waals surface area contributed by atoms with Crippen molar-refractivity contribution in [2.45, 2.75) is 30.2 Å². The Morgan fingerprint density at radius 1 is 0.917 bits per heavy atom. The van der Waals surface area contributed by atoms with Gasteiger partial charge in [0.25, 0.3) is 10.0 Å². The Morgan fingerprint density at radius 2 is 1.56 bits per heavy atom. The Labute approximate surface area is 218 Å². The molecule has 1 aromatic heterocycles. The molecule has 0 amide bonds. The van der Waals surface area contributed by atoms with Gasteiger partial charge in [0.05, 0.1) is 26.6 Å². The SMILES string of the molecule is CCN(CC)S(=O)(=O)c1ccc(NS(=O)(=O)c2ccc3c(c2)sc(=O)n3Cc2ccccc2Cl)cc1. The number of nitrogens with one attached hydrogen (secondary N) is 1. The van der Waals surface area contributed by atoms with Gasteiger partial charge < -0.3 is 0 Å². The average Bonchev–Trinajstić information content (AvgIpc) is 3.15. The zero-order chi connectivity index (χ0) is 26.1. The van der Waals surface area contributed by atoms with E-state index in [0.717, 1.165) is 16.9 Å². The first-order valence-corrected chi connectivity index (χ1v) is 15.2. The van der Waals surface area contributed by atoms with E-state index >= 15 is 0 Å². The smallest absolute Gasteiger partial charge is 0.294 e. The van der Waals surface area contributed by atoms with Gasteiger partial charge in [0.2, 0.25) is 10.0 Å². The van der Waals surface area contributed by atoms with E-state index in [2.05, 4.69) is 4.72 Å². The number of thiazole rings is 1. The van der Waals surface area contributed by atoms with Crippen molar-refractivity contribution in [3.63, 3.8) is 0 Å². The number of halogens is 1. The maximum Gasteiger partial charge on any atom is 0.308 e. The van der Waals surface area contributed by atoms with Crippen LogP contribution in [-0.4, -0.2) is 38.8 Å². The van der Waals surface area contributed by atoms with Gasteiger partial charge >= 0.3 is 4.87 Å². The van der Waals surface area contributed by atoms with Crippen molar-refractivity contribution in [3.05, 3.63) is 87.0 Å². The van der Waals surface area contributed by atoms with Gasteiger partial charge in [0, 0.05) is 23.8 Å². The predicted molar refractivity (Wildman–Crippen MR) is 144 cm³/mol. The van der Waals surface area contributed by atoms with E-state index < -0.39 is 20.0 Å². The molecule has 12 heteroatoms. The third kappa shape index (κ3) is 5.21. The zero-order valence-corrected chi connectivity index (χ0v) is 22.7. The second-order valence-electron chi connectivity index (χ2n) is 7.89. The summed E-state index contributed by atoms with van der Waals surface area (Å²) in [5.41, 5.74) is 1.61. The van der Waals surface area contributed by atoms with E-state index in [1.807, 2.05) is 18.2 Å². The molecule has 0 bridgehead atoms. The largest absolute Gasteiger partial charge is 0.308 e. The molecule has 1 heterocycles. The number of sulfonamides is 2. The summed E-state index contributed by atoms with van der Waals surface area (Å²) in [7, 11) is -7.63. The first-order chi connectivity index (χ1) is 17.1. The fourth-order valence-electron chi connectivity index (χ4n) is 3.78. The van der Waals surface area contributed by atoms with Gasteiger partial charge in [0.15, 0.2) is 0 Å². The lowest BCUT2D eigenvalue weighted by Crippen LogP contribution is -2.30. The third-order valence-electron chi connectivity index (χ3n) is 5.69. The van der Waals surface area contributed by atoms with Gasteiger partial charge in [-0.3, -0.25) is 14.1 Å². The summed E-state index contributed by atoms with van der Waals surface area (Å²) in [5, 5.41) is 0.545. The summed E-state index contributed by atoms with van der Waals surface area (Å²) in [6, 6.07) is 17.3. The molecule has 36 heavy (non-hydrogen) atoms. The van der Waals surface area contributed by atoms with Crippen molar-refractivity contribution in [2.24, 2.45) is 0 Å². The van der Waals surface area contributed by atoms with Crippen molar-refractivity contribution < 1.29 is 16.8 Å². The fourth-order valence-corrected chi connectivity index (χ4v) is 7.52. The number of anilines is 1. The maximum absolute atomic E-state index is 13.0. The normalized spacial score (nSPS) is 12.3. The summed E-state index contributed by atoms with van der Waals surface area (Å²) >= 11 is 7.19. The molecule has 0 aliphatic carbocycles. The minimum atomic E-state index is -3.98. The molecule has 0 aliphatic heterocycles. The molecule has 0 spiro atoms. The molecule has 0 atom stereocenters. The Morgan fingerprint density at radius 3 is 2.19 bits per heavy atom. The fraction of sp³-hybridized carbons (Fsp3) is 0.208. The van der Waals surface area contributed by atoms with Crippen LogP contribution in [0.4, 0.5) is 5.69 Å². The monoisotopic (exact) mass is 565 g/mol. The van der Waals surface area contributed by atoms with Crippen LogP contribution in [0.15, 0.2) is 81.3 Å². The van der Waals surface area contributed by atoms with Crippen LogP contribution in [0.2, 0.25) is 5.02 Å². The summed E-state index contributed by atoms with van der Waals surface area (Å²) in [6.45, 7) is 4.44. The van der Waals surface area contributed by atoms with E-state index in [1.54, 1.807) is 30.5 Å². The van der Waals surface area contributed by atoms with Crippen molar-refractivity contribution in [1.82, 2.24) is 8.87 Å². The van der Waals surface area contributed by atoms with Gasteiger partial charge in [0.1, 0.15) is 0 Å². The number of fused-ring (bicyclic) bond motifs is 1. The van der Waals surface area contributed by atoms with E-state index in [1.165, 1.54) is 40.7 Å². The molecule has 8 nitrogen and oxygen atoms in total. The molecular weight excluding hydrogens is 542 g/mol. The van der Waals surface area contributed by atoms with Crippen LogP contribution in [0.25, 0.3) is 10.2 Å². The Bertz CT molecular complexity index is 1670. The molecule has 0 aliphatic rings. The van der Waals surface area contributed by atoms with Gasteiger partial charge in [-0.25, -0.2) is 16.8 Å². The van der Waals surface area contributed by atoms with Crippen molar-refractivity contribution >= 4 is 58.9 Å². The van der Waals surface area contributed by atoms with Crippen LogP contribution >= 0.6 is 22.9 Å². The molecule has 0 saturated carbocycles. The molecule has 4 rings (SSSR count). The highest BCUT2D eigenvalue weighted by Crippen LogP contribution is 2.26. The second kappa shape index (κ2) is 10.3. The lowest BCUT2D eigenvalue weighted by Gasteiger charge is -2.18. The van der Waals surface area contributed by atoms with Crippen LogP contribution in [-0.2, 0) is 26.6 Å². The topological polar surface area (TPSA) is 106 Å². The molecule has 0 unspecified atom stereocenters. The van der Waals surface area contributed by atoms with Gasteiger partial charge in [-0.05, 0) is 54.1 Å². The third-order valence-corrected chi connectivity index (χ3v) is 10.4. The van der Waals surface area contributed by atoms with Crippen molar-refractivity contribution in [2.75, 3.05) is 17.8 Å². The number of benzene rings is 3. The molecule has 0 radical (unpaired) electrons. The van der Waals surface area contributed by atoms with Crippen LogP contribution in [0.3, 0.4) is 0 Å². The summed E-state index contributed by atoms with van der Waals surface area (Å²) in [4.78, 5) is 12.5. The van der Waals surface area contributed by atoms with Crippen LogP contribution < -0.4 is 9.60 Å². The van der Waals surface area contributed by atoms with E-state index in [4.69, 9.17) is 11.6 Å². The van der Waals surface area contributed by atoms with Crippen LogP contribution in [0.5, 0.6) is 0 Å². The first-order valence-electron chi connectivity index (χ1n) is 11.1. The quantitative estimate of drug-likeness (QED) is 0.319. The van der Waals surface area contributed by atoms with E-state index in [0.29, 0.717) is 28.3 Å². The van der Waals surface area contributed by atoms with Gasteiger partial charge in [-0.15, -0.1) is 0 Å². The number of nitrogens with zero attached hydrogens (tertiary/aromatic N) is 2. The Hall–Kier alpha value is -2.70. The highest BCUT2D eigenvalue weighted by Gasteiger charge is 2.22. The highest BCUT2D eigenvalue weighted by molar-refractivity contribution is 7.92. The van der Waals surface area contributed by atoms with Crippen LogP contribution in [0.1, 0.15) is 19.4 Å². The standard InChI is InChI=1S/C24H24ClN3O5S3/c1-3-27(4-2)36(32,33)19-11-9-18(10-12-19)26-35(30,31)20-13-14-22-23(15-20)34-24(29)28(22)16-17-7-5-6-8-21(17)25/h5-15,26H,3-4,16H2,1-2H3. The Balaban J connectivity index is 1.60. The molecular formula is C24H24ClN3O5S3. The lowest BCUT2D eigenvalue weighted by atomic mass is 10.2. The second-order valence-corrected chi connectivity index (χ2v) is 12.9. The number of hydrogen-bond donors (Lipinski definition) is 1. The highest BCUT2D eigenvalue weighted by atomic mass is 35.5. The number of rotatable bonds is 9. The molecule has 1 N–H and O–H groups in total. The molecule has 0 fully saturated rings. The first kappa shape index (κ1) is 26.4. The molecule has 4 aromatic rings. The van der Waals surface area contributed by atoms with E-state index in [9.17, 15) is 21.6 Å². The predicted octanol–water partition coefficient (Wildman–Crippen LogP) is 4.60. The maximum atomic E-state index is 13.0.